The molecule has 0 aliphatic carbocycles. The van der Waals surface area contributed by atoms with E-state index in [4.69, 9.17) is 4.74 Å². The molecule has 2 aliphatic heterocycles. The predicted octanol–water partition coefficient (Wildman–Crippen LogP) is 4.51. The molecule has 3 aromatic rings. The van der Waals surface area contributed by atoms with E-state index in [1.807, 2.05) is 12.4 Å². The summed E-state index contributed by atoms with van der Waals surface area (Å²) >= 11 is 0. The number of anilines is 3. The second-order valence-electron chi connectivity index (χ2n) is 8.58. The van der Waals surface area contributed by atoms with Crippen LogP contribution in [-0.4, -0.2) is 56.8 Å². The minimum Gasteiger partial charge on any atom is -0.495 e. The number of rotatable bonds is 4. The maximum atomic E-state index is 5.80. The maximum absolute atomic E-state index is 5.80. The number of benzene rings is 2. The number of pyridine rings is 1. The molecule has 0 amide bonds. The highest BCUT2D eigenvalue weighted by Gasteiger charge is 2.26. The van der Waals surface area contributed by atoms with Crippen LogP contribution < -0.4 is 14.5 Å². The second-order valence-corrected chi connectivity index (χ2v) is 8.58. The molecule has 31 heavy (non-hydrogen) atoms. The molecule has 0 spiro atoms. The van der Waals surface area contributed by atoms with Crippen LogP contribution in [0, 0.1) is 6.92 Å². The van der Waals surface area contributed by atoms with Crippen molar-refractivity contribution in [2.75, 3.05) is 56.7 Å². The van der Waals surface area contributed by atoms with Gasteiger partial charge in [0.15, 0.2) is 0 Å². The molecule has 0 unspecified atom stereocenters. The molecule has 1 saturated heterocycles. The lowest BCUT2D eigenvalue weighted by atomic mass is 10.0. The molecule has 2 aromatic carbocycles. The summed E-state index contributed by atoms with van der Waals surface area (Å²) in [4.78, 5) is 11.5. The average molecular weight is 415 g/mol. The summed E-state index contributed by atoms with van der Waals surface area (Å²) in [5, 5.41) is 0. The lowest BCUT2D eigenvalue weighted by molar-refractivity contribution is 0.311. The number of aryl methyl sites for hydroxylation is 1. The van der Waals surface area contributed by atoms with E-state index < -0.39 is 0 Å². The molecule has 1 aromatic heterocycles. The molecule has 5 nitrogen and oxygen atoms in total. The summed E-state index contributed by atoms with van der Waals surface area (Å²) in [5.41, 5.74) is 8.90. The molecule has 0 N–H and O–H groups in total. The van der Waals surface area contributed by atoms with E-state index in [-0.39, 0.29) is 0 Å². The van der Waals surface area contributed by atoms with E-state index in [1.165, 1.54) is 39.3 Å². The number of aromatic nitrogens is 1. The number of methoxy groups -OCH3 is 1. The maximum Gasteiger partial charge on any atom is 0.142 e. The standard InChI is InChI=1S/C26H30N4O/c1-19-16-22(4-5-23(19)20-6-9-27-10-7-20)30-11-8-21-17-26(31-3)25(18-24(21)30)29-14-12-28(2)13-15-29/h4-7,9-10,16-18H,8,11-15H2,1-3H3. The largest absolute Gasteiger partial charge is 0.495 e. The normalized spacial score (nSPS) is 16.5. The van der Waals surface area contributed by atoms with Gasteiger partial charge in [-0.3, -0.25) is 4.98 Å². The van der Waals surface area contributed by atoms with Crippen LogP contribution >= 0.6 is 0 Å². The summed E-state index contributed by atoms with van der Waals surface area (Å²) in [5.74, 6) is 0.995. The minimum absolute atomic E-state index is 0.995. The summed E-state index contributed by atoms with van der Waals surface area (Å²) < 4.78 is 5.80. The second kappa shape index (κ2) is 8.23. The van der Waals surface area contributed by atoms with Crippen LogP contribution in [0.15, 0.2) is 54.9 Å². The van der Waals surface area contributed by atoms with Crippen LogP contribution in [0.5, 0.6) is 5.75 Å². The average Bonchev–Trinajstić information content (AvgIpc) is 3.22. The van der Waals surface area contributed by atoms with Gasteiger partial charge in [-0.1, -0.05) is 6.07 Å². The molecule has 0 radical (unpaired) electrons. The molecule has 2 aliphatic rings. The number of hydrogen-bond donors (Lipinski definition) is 0. The number of nitrogens with zero attached hydrogens (tertiary/aromatic N) is 4. The molecule has 160 valence electrons. The van der Waals surface area contributed by atoms with Gasteiger partial charge in [0, 0.05) is 56.5 Å². The van der Waals surface area contributed by atoms with Gasteiger partial charge in [0.25, 0.3) is 0 Å². The lowest BCUT2D eigenvalue weighted by Gasteiger charge is -2.35. The van der Waals surface area contributed by atoms with Crippen LogP contribution in [-0.2, 0) is 6.42 Å². The highest BCUT2D eigenvalue weighted by Crippen LogP contribution is 2.43. The Kier molecular flexibility index (Phi) is 5.28. The Morgan fingerprint density at radius 1 is 0.871 bits per heavy atom. The van der Waals surface area contributed by atoms with Gasteiger partial charge in [0.05, 0.1) is 12.8 Å². The zero-order chi connectivity index (χ0) is 21.4. The van der Waals surface area contributed by atoms with Crippen molar-refractivity contribution in [3.8, 4) is 16.9 Å². The van der Waals surface area contributed by atoms with Crippen LogP contribution in [0.1, 0.15) is 11.1 Å². The van der Waals surface area contributed by atoms with E-state index in [1.54, 1.807) is 7.11 Å². The Morgan fingerprint density at radius 3 is 2.35 bits per heavy atom. The van der Waals surface area contributed by atoms with Gasteiger partial charge in [0.2, 0.25) is 0 Å². The van der Waals surface area contributed by atoms with Crippen molar-refractivity contribution in [3.63, 3.8) is 0 Å². The van der Waals surface area contributed by atoms with E-state index in [0.717, 1.165) is 44.9 Å². The fraction of sp³-hybridized carbons (Fsp3) is 0.346. The van der Waals surface area contributed by atoms with Crippen molar-refractivity contribution in [3.05, 3.63) is 66.0 Å². The van der Waals surface area contributed by atoms with Gasteiger partial charge in [-0.2, -0.15) is 0 Å². The highest BCUT2D eigenvalue weighted by atomic mass is 16.5. The van der Waals surface area contributed by atoms with Crippen molar-refractivity contribution in [2.24, 2.45) is 0 Å². The molecule has 0 saturated carbocycles. The Morgan fingerprint density at radius 2 is 1.65 bits per heavy atom. The van der Waals surface area contributed by atoms with Gasteiger partial charge >= 0.3 is 0 Å². The van der Waals surface area contributed by atoms with Gasteiger partial charge in [-0.15, -0.1) is 0 Å². The van der Waals surface area contributed by atoms with Crippen molar-refractivity contribution in [1.82, 2.24) is 9.88 Å². The SMILES string of the molecule is COc1cc2c(cc1N1CCN(C)CC1)N(c1ccc(-c3ccncc3)c(C)c1)CC2. The van der Waals surface area contributed by atoms with Gasteiger partial charge < -0.3 is 19.4 Å². The summed E-state index contributed by atoms with van der Waals surface area (Å²) in [6, 6.07) is 15.5. The quantitative estimate of drug-likeness (QED) is 0.627. The van der Waals surface area contributed by atoms with Crippen molar-refractivity contribution in [2.45, 2.75) is 13.3 Å². The van der Waals surface area contributed by atoms with E-state index in [9.17, 15) is 0 Å². The first-order chi connectivity index (χ1) is 15.1. The first-order valence-electron chi connectivity index (χ1n) is 11.1. The third-order valence-corrected chi connectivity index (χ3v) is 6.63. The molecular formula is C26H30N4O. The lowest BCUT2D eigenvalue weighted by Crippen LogP contribution is -2.44. The van der Waals surface area contributed by atoms with E-state index in [0.29, 0.717) is 0 Å². The summed E-state index contributed by atoms with van der Waals surface area (Å²) in [6.07, 6.45) is 4.75. The number of fused-ring (bicyclic) bond motifs is 1. The molecule has 0 atom stereocenters. The Balaban J connectivity index is 1.49. The molecule has 5 rings (SSSR count). The zero-order valence-electron chi connectivity index (χ0n) is 18.6. The Hall–Kier alpha value is -3.05. The van der Waals surface area contributed by atoms with Crippen LogP contribution in [0.3, 0.4) is 0 Å². The fourth-order valence-corrected chi connectivity index (χ4v) is 4.80. The first-order valence-corrected chi connectivity index (χ1v) is 11.1. The van der Waals surface area contributed by atoms with E-state index >= 15 is 0 Å². The zero-order valence-corrected chi connectivity index (χ0v) is 18.6. The van der Waals surface area contributed by atoms with Gasteiger partial charge in [-0.05, 0) is 79.0 Å². The Labute approximate surface area is 184 Å². The predicted molar refractivity (Wildman–Crippen MR) is 128 cm³/mol. The number of piperazine rings is 1. The Bertz CT molecular complexity index is 1070. The van der Waals surface area contributed by atoms with Gasteiger partial charge in [-0.25, -0.2) is 0 Å². The summed E-state index contributed by atoms with van der Waals surface area (Å²) in [7, 11) is 3.98. The van der Waals surface area contributed by atoms with Crippen molar-refractivity contribution in [1.29, 1.82) is 0 Å². The van der Waals surface area contributed by atoms with Crippen molar-refractivity contribution < 1.29 is 4.74 Å². The van der Waals surface area contributed by atoms with Crippen LogP contribution in [0.4, 0.5) is 17.1 Å². The van der Waals surface area contributed by atoms with Gasteiger partial charge in [0.1, 0.15) is 5.75 Å². The first kappa shape index (κ1) is 19.9. The summed E-state index contributed by atoms with van der Waals surface area (Å²) in [6.45, 7) is 7.43. The molecule has 0 bridgehead atoms. The highest BCUT2D eigenvalue weighted by molar-refractivity contribution is 5.79. The number of hydrogen-bond acceptors (Lipinski definition) is 5. The monoisotopic (exact) mass is 414 g/mol. The third kappa shape index (κ3) is 3.74. The van der Waals surface area contributed by atoms with E-state index in [2.05, 4.69) is 76.1 Å². The van der Waals surface area contributed by atoms with Crippen molar-refractivity contribution >= 4 is 17.1 Å². The fourth-order valence-electron chi connectivity index (χ4n) is 4.80. The number of ether oxygens (including phenoxy) is 1. The smallest absolute Gasteiger partial charge is 0.142 e. The van der Waals surface area contributed by atoms with Crippen LogP contribution in [0.25, 0.3) is 11.1 Å². The molecule has 3 heterocycles. The molecule has 5 heteroatoms. The minimum atomic E-state index is 0.995. The third-order valence-electron chi connectivity index (χ3n) is 6.63. The van der Waals surface area contributed by atoms with Crippen LogP contribution in [0.2, 0.25) is 0 Å². The molecule has 1 fully saturated rings. The molecular weight excluding hydrogens is 384 g/mol. The topological polar surface area (TPSA) is 31.8 Å². The number of likely N-dealkylation sites (N-methyl/N-ethyl adjacent to an activating group) is 1.